The molecule has 18 heavy (non-hydrogen) atoms. The van der Waals surface area contributed by atoms with Gasteiger partial charge in [0, 0.05) is 16.6 Å². The third-order valence-electron chi connectivity index (χ3n) is 3.16. The Kier molecular flexibility index (Phi) is 3.57. The van der Waals surface area contributed by atoms with Crippen LogP contribution in [-0.2, 0) is 0 Å². The summed E-state index contributed by atoms with van der Waals surface area (Å²) in [5, 5.41) is 4.04. The number of hydrogen-bond donors (Lipinski definition) is 1. The number of nitrogens with zero attached hydrogens (tertiary/aromatic N) is 1. The molecule has 2 nitrogen and oxygen atoms in total. The van der Waals surface area contributed by atoms with E-state index in [4.69, 9.17) is 10.7 Å². The molecular formula is C14H16N2S2. The molecule has 2 N–H and O–H groups in total. The van der Waals surface area contributed by atoms with Crippen molar-refractivity contribution in [3.8, 4) is 11.3 Å². The van der Waals surface area contributed by atoms with Crippen LogP contribution >= 0.6 is 23.1 Å². The molecular weight excluding hydrogens is 260 g/mol. The summed E-state index contributed by atoms with van der Waals surface area (Å²) < 4.78 is 0. The fourth-order valence-electron chi connectivity index (χ4n) is 2.20. The van der Waals surface area contributed by atoms with Crippen LogP contribution in [0, 0.1) is 0 Å². The van der Waals surface area contributed by atoms with Crippen molar-refractivity contribution in [2.45, 2.75) is 24.5 Å². The van der Waals surface area contributed by atoms with E-state index in [1.165, 1.54) is 30.0 Å². The van der Waals surface area contributed by atoms with Gasteiger partial charge in [0.1, 0.15) is 5.01 Å². The molecule has 1 unspecified atom stereocenters. The predicted octanol–water partition coefficient (Wildman–Crippen LogP) is 4.35. The van der Waals surface area contributed by atoms with E-state index >= 15 is 0 Å². The average molecular weight is 276 g/mol. The smallest absolute Gasteiger partial charge is 0.106 e. The number of anilines is 1. The molecule has 4 heteroatoms. The van der Waals surface area contributed by atoms with Crippen molar-refractivity contribution in [1.29, 1.82) is 0 Å². The van der Waals surface area contributed by atoms with E-state index in [-0.39, 0.29) is 0 Å². The van der Waals surface area contributed by atoms with Gasteiger partial charge in [-0.1, -0.05) is 18.6 Å². The predicted molar refractivity (Wildman–Crippen MR) is 81.0 cm³/mol. The number of benzene rings is 1. The Bertz CT molecular complexity index is 530. The lowest BCUT2D eigenvalue weighted by Crippen LogP contribution is -2.01. The Morgan fingerprint density at radius 2 is 2.22 bits per heavy atom. The van der Waals surface area contributed by atoms with Crippen LogP contribution in [0.3, 0.4) is 0 Å². The van der Waals surface area contributed by atoms with Crippen LogP contribution in [-0.4, -0.2) is 10.7 Å². The Morgan fingerprint density at radius 1 is 1.28 bits per heavy atom. The summed E-state index contributed by atoms with van der Waals surface area (Å²) in [6, 6.07) is 7.96. The van der Waals surface area contributed by atoms with Crippen molar-refractivity contribution in [3.63, 3.8) is 0 Å². The van der Waals surface area contributed by atoms with Gasteiger partial charge in [-0.05, 0) is 30.7 Å². The summed E-state index contributed by atoms with van der Waals surface area (Å²) in [6.07, 6.45) is 3.97. The van der Waals surface area contributed by atoms with Gasteiger partial charge < -0.3 is 5.73 Å². The minimum atomic E-state index is 0.610. The second-order valence-electron chi connectivity index (χ2n) is 4.55. The Hall–Kier alpha value is -1.00. The van der Waals surface area contributed by atoms with Gasteiger partial charge in [0.2, 0.25) is 0 Å². The van der Waals surface area contributed by atoms with E-state index in [1.807, 2.05) is 18.2 Å². The van der Waals surface area contributed by atoms with Crippen LogP contribution in [0.2, 0.25) is 0 Å². The van der Waals surface area contributed by atoms with Crippen molar-refractivity contribution in [1.82, 2.24) is 4.98 Å². The van der Waals surface area contributed by atoms with Gasteiger partial charge in [-0.2, -0.15) is 11.8 Å². The molecule has 2 heterocycles. The van der Waals surface area contributed by atoms with Gasteiger partial charge >= 0.3 is 0 Å². The zero-order chi connectivity index (χ0) is 12.4. The summed E-state index contributed by atoms with van der Waals surface area (Å²) in [4.78, 5) is 4.79. The molecule has 1 aromatic heterocycles. The van der Waals surface area contributed by atoms with E-state index < -0.39 is 0 Å². The monoisotopic (exact) mass is 276 g/mol. The van der Waals surface area contributed by atoms with Gasteiger partial charge in [0.15, 0.2) is 0 Å². The maximum Gasteiger partial charge on any atom is 0.106 e. The number of aromatic nitrogens is 1. The summed E-state index contributed by atoms with van der Waals surface area (Å²) in [6.45, 7) is 0. The molecule has 0 radical (unpaired) electrons. The first-order valence-corrected chi connectivity index (χ1v) is 8.19. The largest absolute Gasteiger partial charge is 0.399 e. The fraction of sp³-hybridized carbons (Fsp3) is 0.357. The number of nitrogens with two attached hydrogens (primary N) is 1. The van der Waals surface area contributed by atoms with E-state index in [1.54, 1.807) is 11.3 Å². The van der Waals surface area contributed by atoms with E-state index in [0.717, 1.165) is 16.9 Å². The van der Waals surface area contributed by atoms with E-state index in [9.17, 15) is 0 Å². The standard InChI is InChI=1S/C14H16N2S2/c15-11-5-3-4-10(8-11)12-9-18-14(16-12)13-6-1-2-7-17-13/h3-5,8-9,13H,1-2,6-7,15H2. The summed E-state index contributed by atoms with van der Waals surface area (Å²) in [5.74, 6) is 1.28. The van der Waals surface area contributed by atoms with Crippen molar-refractivity contribution >= 4 is 28.8 Å². The lowest BCUT2D eigenvalue weighted by molar-refractivity contribution is 0.684. The summed E-state index contributed by atoms with van der Waals surface area (Å²) in [7, 11) is 0. The topological polar surface area (TPSA) is 38.9 Å². The number of thioether (sulfide) groups is 1. The second kappa shape index (κ2) is 5.33. The number of thiazole rings is 1. The first-order valence-electron chi connectivity index (χ1n) is 6.26. The minimum Gasteiger partial charge on any atom is -0.399 e. The quantitative estimate of drug-likeness (QED) is 0.829. The number of rotatable bonds is 2. The first kappa shape index (κ1) is 12.1. The second-order valence-corrected chi connectivity index (χ2v) is 6.75. The Labute approximate surface area is 116 Å². The minimum absolute atomic E-state index is 0.610. The third kappa shape index (κ3) is 2.54. The maximum atomic E-state index is 5.82. The van der Waals surface area contributed by atoms with Crippen LogP contribution in [0.25, 0.3) is 11.3 Å². The lowest BCUT2D eigenvalue weighted by Gasteiger charge is -2.18. The molecule has 94 valence electrons. The van der Waals surface area contributed by atoms with Crippen LogP contribution in [0.5, 0.6) is 0 Å². The molecule has 0 spiro atoms. The van der Waals surface area contributed by atoms with Crippen molar-refractivity contribution in [2.75, 3.05) is 11.5 Å². The molecule has 0 bridgehead atoms. The first-order chi connectivity index (χ1) is 8.83. The van der Waals surface area contributed by atoms with Gasteiger partial charge in [-0.15, -0.1) is 11.3 Å². The van der Waals surface area contributed by atoms with Gasteiger partial charge in [-0.25, -0.2) is 4.98 Å². The highest BCUT2D eigenvalue weighted by Gasteiger charge is 2.19. The fourth-order valence-corrected chi connectivity index (χ4v) is 4.60. The van der Waals surface area contributed by atoms with E-state index in [0.29, 0.717) is 5.25 Å². The molecule has 1 aliphatic rings. The van der Waals surface area contributed by atoms with Crippen LogP contribution in [0.4, 0.5) is 5.69 Å². The summed E-state index contributed by atoms with van der Waals surface area (Å²) in [5.41, 5.74) is 8.80. The molecule has 1 saturated heterocycles. The molecule has 1 aliphatic heterocycles. The van der Waals surface area contributed by atoms with Crippen LogP contribution in [0.15, 0.2) is 29.6 Å². The highest BCUT2D eigenvalue weighted by Crippen LogP contribution is 2.40. The van der Waals surface area contributed by atoms with Gasteiger partial charge in [0.05, 0.1) is 10.9 Å². The molecule has 1 atom stereocenters. The highest BCUT2D eigenvalue weighted by atomic mass is 32.2. The zero-order valence-electron chi connectivity index (χ0n) is 10.1. The van der Waals surface area contributed by atoms with Crippen molar-refractivity contribution in [2.24, 2.45) is 0 Å². The Morgan fingerprint density at radius 3 is 3.00 bits per heavy atom. The highest BCUT2D eigenvalue weighted by molar-refractivity contribution is 7.99. The van der Waals surface area contributed by atoms with Gasteiger partial charge in [0.25, 0.3) is 0 Å². The SMILES string of the molecule is Nc1cccc(-c2csc(C3CCCCS3)n2)c1. The molecule has 3 rings (SSSR count). The Balaban J connectivity index is 1.84. The van der Waals surface area contributed by atoms with Gasteiger partial charge in [-0.3, -0.25) is 0 Å². The normalized spacial score (nSPS) is 19.9. The average Bonchev–Trinajstić information content (AvgIpc) is 2.89. The molecule has 1 fully saturated rings. The third-order valence-corrected chi connectivity index (χ3v) is 5.65. The number of nitrogen functional groups attached to an aromatic ring is 1. The summed E-state index contributed by atoms with van der Waals surface area (Å²) >= 11 is 3.84. The molecule has 0 aliphatic carbocycles. The molecule has 2 aromatic rings. The maximum absolute atomic E-state index is 5.82. The molecule has 0 amide bonds. The van der Waals surface area contributed by atoms with Crippen molar-refractivity contribution < 1.29 is 0 Å². The number of hydrogen-bond acceptors (Lipinski definition) is 4. The zero-order valence-corrected chi connectivity index (χ0v) is 11.8. The van der Waals surface area contributed by atoms with Crippen LogP contribution < -0.4 is 5.73 Å². The lowest BCUT2D eigenvalue weighted by atomic mass is 10.1. The van der Waals surface area contributed by atoms with Crippen LogP contribution in [0.1, 0.15) is 29.5 Å². The van der Waals surface area contributed by atoms with E-state index in [2.05, 4.69) is 23.2 Å². The molecule has 1 aromatic carbocycles. The molecule has 0 saturated carbocycles. The van der Waals surface area contributed by atoms with Crippen molar-refractivity contribution in [3.05, 3.63) is 34.7 Å².